The summed E-state index contributed by atoms with van der Waals surface area (Å²) in [7, 11) is 0. The number of benzene rings is 1. The SMILES string of the molecule is O=C1OC(c2ccc(Cl)cc2)CC1CN(CCO)CCO. The summed E-state index contributed by atoms with van der Waals surface area (Å²) in [6.07, 6.45) is 0.359. The lowest BCUT2D eigenvalue weighted by Crippen LogP contribution is -2.35. The molecule has 1 saturated heterocycles. The van der Waals surface area contributed by atoms with Gasteiger partial charge in [-0.05, 0) is 17.7 Å². The average molecular weight is 314 g/mol. The fraction of sp³-hybridized carbons (Fsp3) is 0.533. The molecule has 0 amide bonds. The van der Waals surface area contributed by atoms with Gasteiger partial charge in [-0.1, -0.05) is 23.7 Å². The maximum Gasteiger partial charge on any atom is 0.311 e. The van der Waals surface area contributed by atoms with Crippen molar-refractivity contribution in [2.75, 3.05) is 32.8 Å². The van der Waals surface area contributed by atoms with Gasteiger partial charge >= 0.3 is 5.97 Å². The Bertz CT molecular complexity index is 459. The maximum atomic E-state index is 12.0. The van der Waals surface area contributed by atoms with Crippen molar-refractivity contribution in [3.8, 4) is 0 Å². The largest absolute Gasteiger partial charge is 0.457 e. The molecule has 0 spiro atoms. The number of hydrogen-bond acceptors (Lipinski definition) is 5. The number of halogens is 1. The van der Waals surface area contributed by atoms with E-state index in [9.17, 15) is 4.79 Å². The van der Waals surface area contributed by atoms with Crippen LogP contribution in [0, 0.1) is 5.92 Å². The fourth-order valence-corrected chi connectivity index (χ4v) is 2.68. The van der Waals surface area contributed by atoms with Gasteiger partial charge in [0.25, 0.3) is 0 Å². The van der Waals surface area contributed by atoms with Gasteiger partial charge in [0.2, 0.25) is 0 Å². The third-order valence-corrected chi connectivity index (χ3v) is 3.90. The zero-order valence-electron chi connectivity index (χ0n) is 11.7. The van der Waals surface area contributed by atoms with E-state index in [4.69, 9.17) is 26.6 Å². The number of carbonyl (C=O) groups excluding carboxylic acids is 1. The minimum absolute atomic E-state index is 0.00236. The molecule has 1 aromatic rings. The lowest BCUT2D eigenvalue weighted by molar-refractivity contribution is -0.145. The average Bonchev–Trinajstić information content (AvgIpc) is 2.81. The van der Waals surface area contributed by atoms with Gasteiger partial charge in [0.1, 0.15) is 6.10 Å². The van der Waals surface area contributed by atoms with Gasteiger partial charge in [0.15, 0.2) is 0 Å². The molecule has 2 rings (SSSR count). The van der Waals surface area contributed by atoms with Crippen LogP contribution in [0.3, 0.4) is 0 Å². The van der Waals surface area contributed by atoms with E-state index >= 15 is 0 Å². The second-order valence-corrected chi connectivity index (χ2v) is 5.59. The summed E-state index contributed by atoms with van der Waals surface area (Å²) in [5.74, 6) is -0.459. The molecule has 1 aliphatic rings. The Labute approximate surface area is 129 Å². The molecule has 21 heavy (non-hydrogen) atoms. The van der Waals surface area contributed by atoms with Gasteiger partial charge in [-0.15, -0.1) is 0 Å². The van der Waals surface area contributed by atoms with Crippen LogP contribution in [0.1, 0.15) is 18.1 Å². The van der Waals surface area contributed by atoms with Crippen molar-refractivity contribution in [1.82, 2.24) is 4.90 Å². The lowest BCUT2D eigenvalue weighted by atomic mass is 9.99. The molecule has 5 nitrogen and oxygen atoms in total. The molecule has 116 valence electrons. The molecular weight excluding hydrogens is 294 g/mol. The van der Waals surface area contributed by atoms with Crippen LogP contribution < -0.4 is 0 Å². The van der Waals surface area contributed by atoms with Crippen LogP contribution in [-0.2, 0) is 9.53 Å². The summed E-state index contributed by atoms with van der Waals surface area (Å²) < 4.78 is 5.42. The monoisotopic (exact) mass is 313 g/mol. The van der Waals surface area contributed by atoms with E-state index in [2.05, 4.69) is 0 Å². The van der Waals surface area contributed by atoms with Gasteiger partial charge in [-0.25, -0.2) is 0 Å². The topological polar surface area (TPSA) is 70.0 Å². The van der Waals surface area contributed by atoms with Gasteiger partial charge in [-0.2, -0.15) is 0 Å². The lowest BCUT2D eigenvalue weighted by Gasteiger charge is -2.21. The first-order valence-electron chi connectivity index (χ1n) is 7.04. The molecule has 0 radical (unpaired) electrons. The van der Waals surface area contributed by atoms with E-state index in [1.807, 2.05) is 17.0 Å². The summed E-state index contributed by atoms with van der Waals surface area (Å²) in [4.78, 5) is 13.8. The second kappa shape index (κ2) is 7.75. The Kier molecular flexibility index (Phi) is 5.99. The Morgan fingerprint density at radius 2 is 1.81 bits per heavy atom. The molecule has 0 bridgehead atoms. The first-order chi connectivity index (χ1) is 10.1. The van der Waals surface area contributed by atoms with Crippen molar-refractivity contribution in [2.45, 2.75) is 12.5 Å². The third kappa shape index (κ3) is 4.41. The zero-order valence-corrected chi connectivity index (χ0v) is 12.5. The Hall–Kier alpha value is -1.14. The van der Waals surface area contributed by atoms with Gasteiger partial charge < -0.3 is 14.9 Å². The predicted molar refractivity (Wildman–Crippen MR) is 79.0 cm³/mol. The smallest absolute Gasteiger partial charge is 0.311 e. The first-order valence-corrected chi connectivity index (χ1v) is 7.42. The van der Waals surface area contributed by atoms with E-state index in [0.717, 1.165) is 5.56 Å². The van der Waals surface area contributed by atoms with Crippen molar-refractivity contribution >= 4 is 17.6 Å². The summed E-state index contributed by atoms with van der Waals surface area (Å²) in [6, 6.07) is 7.29. The van der Waals surface area contributed by atoms with Crippen LogP contribution in [0.2, 0.25) is 5.02 Å². The first kappa shape index (κ1) is 16.2. The van der Waals surface area contributed by atoms with Gasteiger partial charge in [-0.3, -0.25) is 9.69 Å². The molecule has 2 atom stereocenters. The summed E-state index contributed by atoms with van der Waals surface area (Å²) in [5.41, 5.74) is 0.936. The highest BCUT2D eigenvalue weighted by Crippen LogP contribution is 2.34. The number of aliphatic hydroxyl groups is 2. The highest BCUT2D eigenvalue weighted by atomic mass is 35.5. The quantitative estimate of drug-likeness (QED) is 0.741. The summed E-state index contributed by atoms with van der Waals surface area (Å²) in [5, 5.41) is 18.7. The number of aliphatic hydroxyl groups excluding tert-OH is 2. The third-order valence-electron chi connectivity index (χ3n) is 3.64. The fourth-order valence-electron chi connectivity index (χ4n) is 2.56. The molecular formula is C15H20ClNO4. The number of nitrogens with zero attached hydrogens (tertiary/aromatic N) is 1. The van der Waals surface area contributed by atoms with Crippen molar-refractivity contribution in [3.05, 3.63) is 34.9 Å². The Morgan fingerprint density at radius 1 is 1.19 bits per heavy atom. The van der Waals surface area contributed by atoms with Crippen LogP contribution in [0.15, 0.2) is 24.3 Å². The number of cyclic esters (lactones) is 1. The van der Waals surface area contributed by atoms with Crippen LogP contribution in [0.25, 0.3) is 0 Å². The van der Waals surface area contributed by atoms with Crippen molar-refractivity contribution in [2.24, 2.45) is 5.92 Å². The highest BCUT2D eigenvalue weighted by molar-refractivity contribution is 6.30. The summed E-state index contributed by atoms with van der Waals surface area (Å²) >= 11 is 5.85. The number of ether oxygens (including phenoxy) is 1. The van der Waals surface area contributed by atoms with E-state index < -0.39 is 0 Å². The van der Waals surface area contributed by atoms with E-state index in [1.54, 1.807) is 12.1 Å². The van der Waals surface area contributed by atoms with Crippen molar-refractivity contribution < 1.29 is 19.7 Å². The van der Waals surface area contributed by atoms with E-state index in [1.165, 1.54) is 0 Å². The standard InChI is InChI=1S/C15H20ClNO4/c16-13-3-1-11(2-4-13)14-9-12(15(20)21-14)10-17(5-7-18)6-8-19/h1-4,12,14,18-19H,5-10H2. The molecule has 1 aromatic carbocycles. The zero-order chi connectivity index (χ0) is 15.2. The molecule has 1 heterocycles. The predicted octanol–water partition coefficient (Wildman–Crippen LogP) is 1.23. The van der Waals surface area contributed by atoms with Crippen LogP contribution in [-0.4, -0.2) is 53.9 Å². The number of rotatable bonds is 7. The molecule has 1 fully saturated rings. The minimum Gasteiger partial charge on any atom is -0.457 e. The Morgan fingerprint density at radius 3 is 2.38 bits per heavy atom. The van der Waals surface area contributed by atoms with Gasteiger partial charge in [0.05, 0.1) is 19.1 Å². The van der Waals surface area contributed by atoms with Crippen LogP contribution in [0.4, 0.5) is 0 Å². The second-order valence-electron chi connectivity index (χ2n) is 5.16. The van der Waals surface area contributed by atoms with E-state index in [0.29, 0.717) is 31.1 Å². The number of carbonyl (C=O) groups is 1. The van der Waals surface area contributed by atoms with Crippen LogP contribution in [0.5, 0.6) is 0 Å². The molecule has 1 aliphatic heterocycles. The van der Waals surface area contributed by atoms with Crippen molar-refractivity contribution in [1.29, 1.82) is 0 Å². The van der Waals surface area contributed by atoms with E-state index in [-0.39, 0.29) is 31.2 Å². The molecule has 2 N–H and O–H groups in total. The highest BCUT2D eigenvalue weighted by Gasteiger charge is 2.36. The minimum atomic E-state index is -0.245. The van der Waals surface area contributed by atoms with Crippen molar-refractivity contribution in [3.63, 3.8) is 0 Å². The number of esters is 1. The van der Waals surface area contributed by atoms with Crippen LogP contribution >= 0.6 is 11.6 Å². The Balaban J connectivity index is 1.97. The maximum absolute atomic E-state index is 12.0. The summed E-state index contributed by atoms with van der Waals surface area (Å²) in [6.45, 7) is 1.38. The molecule has 6 heteroatoms. The molecule has 2 unspecified atom stereocenters. The number of hydrogen-bond donors (Lipinski definition) is 2. The molecule has 0 aromatic heterocycles. The van der Waals surface area contributed by atoms with Gasteiger partial charge in [0, 0.05) is 31.1 Å². The molecule has 0 aliphatic carbocycles. The normalized spacial score (nSPS) is 21.8. The molecule has 0 saturated carbocycles.